The van der Waals surface area contributed by atoms with Crippen LogP contribution in [-0.2, 0) is 33.4 Å². The number of para-hydroxylation sites is 1. The minimum Gasteiger partial charge on any atom is -0.491 e. The van der Waals surface area contributed by atoms with Crippen LogP contribution in [0.2, 0.25) is 0 Å². The Balaban J connectivity index is 1.32. The SMILES string of the molecule is O=C(CN1CCOCCOc2ccc(N3CCOCC3)cc2Cc2cccc(c2)C1)Nc1ccccc1C(F)(F)F. The summed E-state index contributed by atoms with van der Waals surface area (Å²) in [6.45, 7) is 4.98. The number of halogens is 3. The number of anilines is 2. The molecule has 10 heteroatoms. The zero-order valence-electron chi connectivity index (χ0n) is 22.8. The molecule has 0 saturated carbocycles. The molecule has 218 valence electrons. The molecule has 1 N–H and O–H groups in total. The minimum absolute atomic E-state index is 0.0813. The fraction of sp³-hybridized carbons (Fsp3) is 0.387. The highest BCUT2D eigenvalue weighted by atomic mass is 19.4. The summed E-state index contributed by atoms with van der Waals surface area (Å²) in [5, 5.41) is 2.45. The number of carbonyl (C=O) groups is 1. The van der Waals surface area contributed by atoms with Gasteiger partial charge >= 0.3 is 6.18 Å². The number of benzene rings is 3. The summed E-state index contributed by atoms with van der Waals surface area (Å²) in [5.41, 5.74) is 3.18. The van der Waals surface area contributed by atoms with Crippen molar-refractivity contribution in [1.82, 2.24) is 4.90 Å². The van der Waals surface area contributed by atoms with Crippen LogP contribution in [-0.4, -0.2) is 70.0 Å². The number of carbonyl (C=O) groups excluding carboxylic acids is 1. The number of hydrogen-bond acceptors (Lipinski definition) is 6. The highest BCUT2D eigenvalue weighted by molar-refractivity contribution is 5.93. The summed E-state index contributed by atoms with van der Waals surface area (Å²) >= 11 is 0. The van der Waals surface area contributed by atoms with Gasteiger partial charge < -0.3 is 24.4 Å². The first-order valence-electron chi connectivity index (χ1n) is 13.8. The van der Waals surface area contributed by atoms with E-state index in [2.05, 4.69) is 34.5 Å². The number of nitrogens with zero attached hydrogens (tertiary/aromatic N) is 2. The third-order valence-corrected chi connectivity index (χ3v) is 7.12. The predicted octanol–water partition coefficient (Wildman–Crippen LogP) is 4.98. The van der Waals surface area contributed by atoms with Crippen LogP contribution in [0.4, 0.5) is 24.5 Å². The van der Waals surface area contributed by atoms with Gasteiger partial charge in [-0.05, 0) is 41.5 Å². The van der Waals surface area contributed by atoms with Gasteiger partial charge in [0.05, 0.1) is 44.2 Å². The number of amides is 1. The van der Waals surface area contributed by atoms with Gasteiger partial charge in [0.1, 0.15) is 12.4 Å². The molecular formula is C31H34F3N3O4. The number of alkyl halides is 3. The quantitative estimate of drug-likeness (QED) is 0.478. The molecule has 0 radical (unpaired) electrons. The van der Waals surface area contributed by atoms with Crippen LogP contribution >= 0.6 is 0 Å². The molecule has 3 aromatic carbocycles. The van der Waals surface area contributed by atoms with Crippen molar-refractivity contribution in [2.24, 2.45) is 0 Å². The van der Waals surface area contributed by atoms with Crippen LogP contribution in [0, 0.1) is 0 Å². The highest BCUT2D eigenvalue weighted by Crippen LogP contribution is 2.34. The summed E-state index contributed by atoms with van der Waals surface area (Å²) in [5.74, 6) is 0.303. The second-order valence-corrected chi connectivity index (χ2v) is 10.2. The summed E-state index contributed by atoms with van der Waals surface area (Å²) in [6, 6.07) is 19.4. The maximum atomic E-state index is 13.4. The van der Waals surface area contributed by atoms with Crippen molar-refractivity contribution in [3.63, 3.8) is 0 Å². The molecule has 0 spiro atoms. The highest BCUT2D eigenvalue weighted by Gasteiger charge is 2.33. The Morgan fingerprint density at radius 1 is 0.829 bits per heavy atom. The van der Waals surface area contributed by atoms with Crippen molar-refractivity contribution < 1.29 is 32.2 Å². The lowest BCUT2D eigenvalue weighted by atomic mass is 10.0. The van der Waals surface area contributed by atoms with E-state index in [1.165, 1.54) is 18.2 Å². The Morgan fingerprint density at radius 2 is 1.59 bits per heavy atom. The molecule has 2 aliphatic heterocycles. The molecule has 2 heterocycles. The summed E-state index contributed by atoms with van der Waals surface area (Å²) in [4.78, 5) is 17.1. The van der Waals surface area contributed by atoms with Gasteiger partial charge in [-0.2, -0.15) is 13.2 Å². The van der Waals surface area contributed by atoms with Crippen molar-refractivity contribution in [2.45, 2.75) is 19.1 Å². The van der Waals surface area contributed by atoms with Crippen molar-refractivity contribution in [3.8, 4) is 5.75 Å². The fourth-order valence-corrected chi connectivity index (χ4v) is 5.13. The van der Waals surface area contributed by atoms with Crippen LogP contribution in [0.15, 0.2) is 66.7 Å². The molecule has 1 saturated heterocycles. The summed E-state index contributed by atoms with van der Waals surface area (Å²) in [6.07, 6.45) is -3.90. The number of fused-ring (bicyclic) bond motifs is 3. The van der Waals surface area contributed by atoms with Crippen LogP contribution in [0.5, 0.6) is 5.75 Å². The van der Waals surface area contributed by atoms with Crippen LogP contribution in [0.1, 0.15) is 22.3 Å². The minimum atomic E-state index is -4.56. The predicted molar refractivity (Wildman–Crippen MR) is 150 cm³/mol. The maximum absolute atomic E-state index is 13.4. The van der Waals surface area contributed by atoms with Gasteiger partial charge in [-0.25, -0.2) is 0 Å². The first-order valence-corrected chi connectivity index (χ1v) is 13.8. The van der Waals surface area contributed by atoms with Gasteiger partial charge in [-0.3, -0.25) is 9.69 Å². The zero-order chi connectivity index (χ0) is 28.7. The number of hydrogen-bond donors (Lipinski definition) is 1. The lowest BCUT2D eigenvalue weighted by molar-refractivity contribution is -0.137. The molecule has 1 amide bonds. The molecule has 41 heavy (non-hydrogen) atoms. The molecule has 1 fully saturated rings. The Kier molecular flexibility index (Phi) is 9.43. The maximum Gasteiger partial charge on any atom is 0.418 e. The van der Waals surface area contributed by atoms with E-state index in [1.54, 1.807) is 0 Å². The van der Waals surface area contributed by atoms with Crippen LogP contribution < -0.4 is 15.0 Å². The van der Waals surface area contributed by atoms with E-state index < -0.39 is 17.6 Å². The van der Waals surface area contributed by atoms with E-state index in [1.807, 2.05) is 23.1 Å². The summed E-state index contributed by atoms with van der Waals surface area (Å²) in [7, 11) is 0. The van der Waals surface area contributed by atoms with Crippen LogP contribution in [0.3, 0.4) is 0 Å². The second kappa shape index (κ2) is 13.4. The third-order valence-electron chi connectivity index (χ3n) is 7.12. The molecule has 0 atom stereocenters. The van der Waals surface area contributed by atoms with Crippen molar-refractivity contribution in [1.29, 1.82) is 0 Å². The largest absolute Gasteiger partial charge is 0.491 e. The smallest absolute Gasteiger partial charge is 0.418 e. The van der Waals surface area contributed by atoms with E-state index in [9.17, 15) is 18.0 Å². The lowest BCUT2D eigenvalue weighted by Crippen LogP contribution is -2.36. The van der Waals surface area contributed by atoms with E-state index in [0.717, 1.165) is 47.3 Å². The molecule has 0 aliphatic carbocycles. The Morgan fingerprint density at radius 3 is 2.41 bits per heavy atom. The van der Waals surface area contributed by atoms with Crippen molar-refractivity contribution >= 4 is 17.3 Å². The topological polar surface area (TPSA) is 63.3 Å². The molecule has 7 nitrogen and oxygen atoms in total. The van der Waals surface area contributed by atoms with Gasteiger partial charge in [0.25, 0.3) is 0 Å². The number of nitrogens with one attached hydrogen (secondary N) is 1. The van der Waals surface area contributed by atoms with Crippen LogP contribution in [0.25, 0.3) is 0 Å². The first-order chi connectivity index (χ1) is 19.8. The molecule has 5 rings (SSSR count). The molecule has 2 aliphatic rings. The van der Waals surface area contributed by atoms with Gasteiger partial charge in [-0.15, -0.1) is 0 Å². The lowest BCUT2D eigenvalue weighted by Gasteiger charge is -2.29. The normalized spacial score (nSPS) is 17.2. The Hall–Kier alpha value is -3.60. The van der Waals surface area contributed by atoms with E-state index in [0.29, 0.717) is 52.5 Å². The van der Waals surface area contributed by atoms with Crippen molar-refractivity contribution in [3.05, 3.63) is 89.0 Å². The third kappa shape index (κ3) is 8.00. The zero-order valence-corrected chi connectivity index (χ0v) is 22.8. The molecule has 2 bridgehead atoms. The van der Waals surface area contributed by atoms with Gasteiger partial charge in [0.15, 0.2) is 0 Å². The summed E-state index contributed by atoms with van der Waals surface area (Å²) < 4.78 is 57.6. The number of rotatable bonds is 4. The first kappa shape index (κ1) is 28.9. The molecule has 3 aromatic rings. The van der Waals surface area contributed by atoms with Gasteiger partial charge in [0.2, 0.25) is 5.91 Å². The van der Waals surface area contributed by atoms with Gasteiger partial charge in [0, 0.05) is 43.9 Å². The Labute approximate surface area is 237 Å². The number of ether oxygens (including phenoxy) is 3. The number of morpholine rings is 1. The monoisotopic (exact) mass is 569 g/mol. The average Bonchev–Trinajstić information content (AvgIpc) is 2.95. The van der Waals surface area contributed by atoms with E-state index in [-0.39, 0.29) is 12.2 Å². The average molecular weight is 570 g/mol. The molecule has 0 aromatic heterocycles. The van der Waals surface area contributed by atoms with Crippen molar-refractivity contribution in [2.75, 3.05) is 69.4 Å². The van der Waals surface area contributed by atoms with Gasteiger partial charge in [-0.1, -0.05) is 36.4 Å². The Bertz CT molecular complexity index is 1330. The molecule has 0 unspecified atom stereocenters. The van der Waals surface area contributed by atoms with E-state index in [4.69, 9.17) is 14.2 Å². The fourth-order valence-electron chi connectivity index (χ4n) is 5.13. The standard InChI is InChI=1S/C31H34F3N3O4/c32-31(33,34)27-6-1-2-7-28(27)35-30(38)22-36-10-13-40-16-17-41-29-9-8-26(37-11-14-39-15-12-37)20-25(29)19-23-4-3-5-24(18-23)21-36/h1-9,18,20H,10-17,19,21-22H2,(H,35,38). The second-order valence-electron chi connectivity index (χ2n) is 10.2. The van der Waals surface area contributed by atoms with E-state index >= 15 is 0 Å². The molecular weight excluding hydrogens is 535 g/mol.